The van der Waals surface area contributed by atoms with E-state index in [2.05, 4.69) is 0 Å². The summed E-state index contributed by atoms with van der Waals surface area (Å²) in [6.45, 7) is 0. The number of rotatable bonds is 2. The van der Waals surface area contributed by atoms with Crippen LogP contribution >= 0.6 is 11.6 Å². The fourth-order valence-corrected chi connectivity index (χ4v) is 2.09. The fourth-order valence-electron chi connectivity index (χ4n) is 1.09. The molecule has 0 unspecified atom stereocenters. The summed E-state index contributed by atoms with van der Waals surface area (Å²) >= 11 is 5.60. The Morgan fingerprint density at radius 2 is 1.94 bits per heavy atom. The molecule has 1 aromatic carbocycles. The van der Waals surface area contributed by atoms with Crippen LogP contribution in [0.1, 0.15) is 10.4 Å². The number of carbonyl (C=O) groups excluding carboxylic acids is 1. The van der Waals surface area contributed by atoms with E-state index in [4.69, 9.17) is 16.2 Å². The third kappa shape index (κ3) is 2.72. The van der Waals surface area contributed by atoms with Crippen LogP contribution in [0.5, 0.6) is 0 Å². The predicted octanol–water partition coefficient (Wildman–Crippen LogP) is 1.29. The van der Waals surface area contributed by atoms with Gasteiger partial charge in [0.05, 0.1) is 5.02 Å². The molecule has 0 heterocycles. The molecule has 88 valence electrons. The zero-order valence-corrected chi connectivity index (χ0v) is 10.2. The first kappa shape index (κ1) is 13.0. The number of carbonyl (C=O) groups is 1. The molecule has 5 nitrogen and oxygen atoms in total. The first-order valence-electron chi connectivity index (χ1n) is 4.22. The molecule has 0 aromatic heterocycles. The quantitative estimate of drug-likeness (QED) is 0.816. The standard InChI is InChI=1S/C9H10ClNO4S/c1-11(2)9(12)6-3-4-7(10)8(5-6)16(13,14)15/h3-5H,1-2H3,(H,13,14,15). The van der Waals surface area contributed by atoms with Gasteiger partial charge in [-0.05, 0) is 18.2 Å². The van der Waals surface area contributed by atoms with Crippen LogP contribution in [0.4, 0.5) is 0 Å². The van der Waals surface area contributed by atoms with Gasteiger partial charge in [-0.3, -0.25) is 9.35 Å². The maximum atomic E-state index is 11.5. The average Bonchev–Trinajstić information content (AvgIpc) is 2.15. The summed E-state index contributed by atoms with van der Waals surface area (Å²) in [5.74, 6) is -0.374. The van der Waals surface area contributed by atoms with Gasteiger partial charge in [0, 0.05) is 19.7 Å². The number of nitrogens with zero attached hydrogens (tertiary/aromatic N) is 1. The van der Waals surface area contributed by atoms with Crippen LogP contribution in [0.3, 0.4) is 0 Å². The van der Waals surface area contributed by atoms with Crippen molar-refractivity contribution in [3.8, 4) is 0 Å². The topological polar surface area (TPSA) is 74.7 Å². The molecule has 0 bridgehead atoms. The van der Waals surface area contributed by atoms with Crippen molar-refractivity contribution in [2.75, 3.05) is 14.1 Å². The van der Waals surface area contributed by atoms with Crippen molar-refractivity contribution >= 4 is 27.6 Å². The van der Waals surface area contributed by atoms with Crippen LogP contribution in [0.25, 0.3) is 0 Å². The second-order valence-electron chi connectivity index (χ2n) is 3.32. The molecule has 0 radical (unpaired) electrons. The minimum absolute atomic E-state index is 0.127. The third-order valence-electron chi connectivity index (χ3n) is 1.86. The van der Waals surface area contributed by atoms with Gasteiger partial charge >= 0.3 is 0 Å². The monoisotopic (exact) mass is 263 g/mol. The number of halogens is 1. The highest BCUT2D eigenvalue weighted by Crippen LogP contribution is 2.22. The molecule has 0 fully saturated rings. The lowest BCUT2D eigenvalue weighted by Crippen LogP contribution is -2.21. The molecule has 0 aliphatic heterocycles. The van der Waals surface area contributed by atoms with Gasteiger partial charge in [0.1, 0.15) is 4.90 Å². The summed E-state index contributed by atoms with van der Waals surface area (Å²) in [5.41, 5.74) is 0.141. The SMILES string of the molecule is CN(C)C(=O)c1ccc(Cl)c(S(=O)(=O)O)c1. The molecule has 0 spiro atoms. The van der Waals surface area contributed by atoms with E-state index in [1.807, 2.05) is 0 Å². The highest BCUT2D eigenvalue weighted by atomic mass is 35.5. The largest absolute Gasteiger partial charge is 0.345 e. The second kappa shape index (κ2) is 4.40. The van der Waals surface area contributed by atoms with Crippen molar-refractivity contribution in [2.24, 2.45) is 0 Å². The number of hydrogen-bond donors (Lipinski definition) is 1. The van der Waals surface area contributed by atoms with Gasteiger partial charge in [-0.25, -0.2) is 0 Å². The minimum Gasteiger partial charge on any atom is -0.345 e. The zero-order valence-electron chi connectivity index (χ0n) is 8.64. The van der Waals surface area contributed by atoms with Crippen molar-refractivity contribution in [3.63, 3.8) is 0 Å². The van der Waals surface area contributed by atoms with Gasteiger partial charge < -0.3 is 4.90 Å². The lowest BCUT2D eigenvalue weighted by molar-refractivity contribution is 0.0827. The number of benzene rings is 1. The Kier molecular flexibility index (Phi) is 3.57. The van der Waals surface area contributed by atoms with Crippen LogP contribution < -0.4 is 0 Å². The number of amides is 1. The predicted molar refractivity (Wildman–Crippen MR) is 59.3 cm³/mol. The molecule has 0 atom stereocenters. The molecule has 0 aliphatic carbocycles. The minimum atomic E-state index is -4.42. The Bertz CT molecular complexity index is 524. The Hall–Kier alpha value is -1.11. The lowest BCUT2D eigenvalue weighted by Gasteiger charge is -2.11. The van der Waals surface area contributed by atoms with Gasteiger partial charge in [0.15, 0.2) is 0 Å². The van der Waals surface area contributed by atoms with E-state index in [0.717, 1.165) is 6.07 Å². The van der Waals surface area contributed by atoms with Crippen LogP contribution in [-0.2, 0) is 10.1 Å². The van der Waals surface area contributed by atoms with Crippen LogP contribution in [0, 0.1) is 0 Å². The van der Waals surface area contributed by atoms with E-state index >= 15 is 0 Å². The summed E-state index contributed by atoms with van der Waals surface area (Å²) in [6, 6.07) is 3.68. The molecule has 1 N–H and O–H groups in total. The Morgan fingerprint density at radius 1 is 1.38 bits per heavy atom. The fraction of sp³-hybridized carbons (Fsp3) is 0.222. The normalized spacial score (nSPS) is 11.2. The van der Waals surface area contributed by atoms with E-state index < -0.39 is 15.0 Å². The number of hydrogen-bond acceptors (Lipinski definition) is 3. The van der Waals surface area contributed by atoms with E-state index in [9.17, 15) is 13.2 Å². The smallest absolute Gasteiger partial charge is 0.296 e. The summed E-state index contributed by atoms with van der Waals surface area (Å²) < 4.78 is 30.8. The molecule has 7 heteroatoms. The van der Waals surface area contributed by atoms with Crippen LogP contribution in [0.15, 0.2) is 23.1 Å². The Balaban J connectivity index is 3.34. The molecule has 1 amide bonds. The van der Waals surface area contributed by atoms with E-state index in [0.29, 0.717) is 0 Å². The Labute approximate surface area is 98.4 Å². The summed E-state index contributed by atoms with van der Waals surface area (Å²) in [5, 5.41) is -0.127. The van der Waals surface area contributed by atoms with Crippen molar-refractivity contribution in [3.05, 3.63) is 28.8 Å². The average molecular weight is 264 g/mol. The van der Waals surface area contributed by atoms with Gasteiger partial charge in [-0.15, -0.1) is 0 Å². The molecule has 0 aliphatic rings. The molecule has 1 aromatic rings. The van der Waals surface area contributed by atoms with Crippen molar-refractivity contribution in [2.45, 2.75) is 4.90 Å². The maximum Gasteiger partial charge on any atom is 0.296 e. The zero-order chi connectivity index (χ0) is 12.5. The lowest BCUT2D eigenvalue weighted by atomic mass is 10.2. The highest BCUT2D eigenvalue weighted by Gasteiger charge is 2.18. The summed E-state index contributed by atoms with van der Waals surface area (Å²) in [6.07, 6.45) is 0. The van der Waals surface area contributed by atoms with E-state index in [-0.39, 0.29) is 16.5 Å². The third-order valence-corrected chi connectivity index (χ3v) is 3.20. The van der Waals surface area contributed by atoms with Gasteiger partial charge in [0.2, 0.25) is 0 Å². The summed E-state index contributed by atoms with van der Waals surface area (Å²) in [7, 11) is -1.35. The second-order valence-corrected chi connectivity index (χ2v) is 5.12. The van der Waals surface area contributed by atoms with Gasteiger partial charge in [0.25, 0.3) is 16.0 Å². The van der Waals surface area contributed by atoms with E-state index in [1.165, 1.54) is 31.1 Å². The van der Waals surface area contributed by atoms with E-state index in [1.54, 1.807) is 0 Å². The molecule has 16 heavy (non-hydrogen) atoms. The molecular weight excluding hydrogens is 254 g/mol. The molecule has 0 saturated carbocycles. The Morgan fingerprint density at radius 3 is 2.38 bits per heavy atom. The first-order chi connectivity index (χ1) is 7.23. The maximum absolute atomic E-state index is 11.5. The highest BCUT2D eigenvalue weighted by molar-refractivity contribution is 7.86. The molecule has 1 rings (SSSR count). The van der Waals surface area contributed by atoms with Gasteiger partial charge in [-0.1, -0.05) is 11.6 Å². The summed E-state index contributed by atoms with van der Waals surface area (Å²) in [4.78, 5) is 12.4. The first-order valence-corrected chi connectivity index (χ1v) is 6.04. The van der Waals surface area contributed by atoms with Crippen molar-refractivity contribution in [1.82, 2.24) is 4.90 Å². The molecular formula is C9H10ClNO4S. The molecule has 0 saturated heterocycles. The van der Waals surface area contributed by atoms with Gasteiger partial charge in [-0.2, -0.15) is 8.42 Å². The van der Waals surface area contributed by atoms with Crippen molar-refractivity contribution < 1.29 is 17.8 Å². The van der Waals surface area contributed by atoms with Crippen molar-refractivity contribution in [1.29, 1.82) is 0 Å². The van der Waals surface area contributed by atoms with Crippen LogP contribution in [-0.4, -0.2) is 37.9 Å². The van der Waals surface area contributed by atoms with Crippen LogP contribution in [0.2, 0.25) is 5.02 Å².